The van der Waals surface area contributed by atoms with Gasteiger partial charge in [0.05, 0.1) is 0 Å². The molecule has 144 valence electrons. The third-order valence-corrected chi connectivity index (χ3v) is 5.49. The van der Waals surface area contributed by atoms with E-state index in [1.807, 2.05) is 0 Å². The fourth-order valence-electron chi connectivity index (χ4n) is 4.43. The summed E-state index contributed by atoms with van der Waals surface area (Å²) in [6.45, 7) is 3.46. The highest BCUT2D eigenvalue weighted by molar-refractivity contribution is 5.85. The predicted octanol–water partition coefficient (Wildman–Crippen LogP) is 4.76. The van der Waals surface area contributed by atoms with Crippen molar-refractivity contribution in [2.24, 2.45) is 5.92 Å². The summed E-state index contributed by atoms with van der Waals surface area (Å²) in [4.78, 5) is 8.34. The van der Waals surface area contributed by atoms with Gasteiger partial charge in [0.2, 0.25) is 0 Å². The Morgan fingerprint density at radius 2 is 1.85 bits per heavy atom. The number of aromatic nitrogens is 1. The van der Waals surface area contributed by atoms with Crippen molar-refractivity contribution in [1.82, 2.24) is 9.88 Å². The van der Waals surface area contributed by atoms with E-state index in [1.165, 1.54) is 47.1 Å². The van der Waals surface area contributed by atoms with Crippen molar-refractivity contribution < 1.29 is 0 Å². The topological polar surface area (TPSA) is 22.3 Å². The molecule has 27 heavy (non-hydrogen) atoms. The number of para-hydroxylation sites is 2. The number of benzene rings is 2. The third kappa shape index (κ3) is 4.48. The van der Waals surface area contributed by atoms with E-state index in [0.717, 1.165) is 19.5 Å². The van der Waals surface area contributed by atoms with Gasteiger partial charge >= 0.3 is 0 Å². The number of aromatic amines is 1. The Morgan fingerprint density at radius 1 is 1.07 bits per heavy atom. The first-order valence-corrected chi connectivity index (χ1v) is 9.73. The van der Waals surface area contributed by atoms with Crippen LogP contribution in [0.1, 0.15) is 17.5 Å². The van der Waals surface area contributed by atoms with Gasteiger partial charge in [-0.15, -0.1) is 12.4 Å². The number of rotatable bonds is 6. The van der Waals surface area contributed by atoms with Gasteiger partial charge in [0, 0.05) is 42.4 Å². The monoisotopic (exact) mass is 383 g/mol. The summed E-state index contributed by atoms with van der Waals surface area (Å²) < 4.78 is 0. The van der Waals surface area contributed by atoms with Crippen LogP contribution in [0.4, 0.5) is 5.69 Å². The smallest absolute Gasteiger partial charge is 0.0456 e. The molecule has 3 aromatic rings. The lowest BCUT2D eigenvalue weighted by molar-refractivity contribution is 0.317. The summed E-state index contributed by atoms with van der Waals surface area (Å²) in [6, 6.07) is 17.6. The van der Waals surface area contributed by atoms with E-state index in [4.69, 9.17) is 0 Å². The van der Waals surface area contributed by atoms with Crippen LogP contribution in [0.3, 0.4) is 0 Å². The van der Waals surface area contributed by atoms with Crippen LogP contribution in [0.2, 0.25) is 0 Å². The second kappa shape index (κ2) is 8.81. The zero-order valence-corrected chi connectivity index (χ0v) is 17.1. The van der Waals surface area contributed by atoms with Gasteiger partial charge in [-0.3, -0.25) is 0 Å². The first kappa shape index (κ1) is 19.8. The Morgan fingerprint density at radius 3 is 2.70 bits per heavy atom. The van der Waals surface area contributed by atoms with Crippen LogP contribution < -0.4 is 4.90 Å². The molecule has 0 aliphatic carbocycles. The maximum Gasteiger partial charge on any atom is 0.0456 e. The number of hydrogen-bond donors (Lipinski definition) is 1. The van der Waals surface area contributed by atoms with Gasteiger partial charge in [0.25, 0.3) is 0 Å². The van der Waals surface area contributed by atoms with Crippen LogP contribution in [-0.2, 0) is 12.8 Å². The minimum atomic E-state index is 0. The average molecular weight is 384 g/mol. The number of H-pyrrole nitrogens is 1. The second-order valence-corrected chi connectivity index (χ2v) is 7.87. The molecule has 1 unspecified atom stereocenters. The molecule has 0 radical (unpaired) electrons. The van der Waals surface area contributed by atoms with E-state index in [2.05, 4.69) is 83.6 Å². The molecule has 0 fully saturated rings. The van der Waals surface area contributed by atoms with Crippen LogP contribution in [0.25, 0.3) is 10.9 Å². The normalized spacial score (nSPS) is 16.4. The summed E-state index contributed by atoms with van der Waals surface area (Å²) in [5.74, 6) is 0.716. The van der Waals surface area contributed by atoms with E-state index < -0.39 is 0 Å². The number of nitrogens with one attached hydrogen (secondary N) is 1. The molecule has 2 heterocycles. The van der Waals surface area contributed by atoms with Crippen molar-refractivity contribution in [1.29, 1.82) is 0 Å². The Balaban J connectivity index is 0.00000210. The summed E-state index contributed by atoms with van der Waals surface area (Å²) in [7, 11) is 4.36. The highest BCUT2D eigenvalue weighted by Crippen LogP contribution is 2.30. The molecule has 2 aromatic carbocycles. The van der Waals surface area contributed by atoms with Crippen LogP contribution in [-0.4, -0.2) is 43.6 Å². The lowest BCUT2D eigenvalue weighted by atomic mass is 9.92. The molecular weight excluding hydrogens is 354 g/mol. The van der Waals surface area contributed by atoms with E-state index in [1.54, 1.807) is 0 Å². The number of hydrogen-bond acceptors (Lipinski definition) is 2. The molecule has 4 rings (SSSR count). The first-order valence-electron chi connectivity index (χ1n) is 9.73. The highest BCUT2D eigenvalue weighted by atomic mass is 35.5. The number of fused-ring (bicyclic) bond motifs is 2. The Labute approximate surface area is 168 Å². The Hall–Kier alpha value is -1.97. The van der Waals surface area contributed by atoms with Crippen LogP contribution >= 0.6 is 12.4 Å². The molecule has 0 bridgehead atoms. The zero-order chi connectivity index (χ0) is 17.9. The maximum absolute atomic E-state index is 3.40. The van der Waals surface area contributed by atoms with Gasteiger partial charge < -0.3 is 14.8 Å². The highest BCUT2D eigenvalue weighted by Gasteiger charge is 2.24. The molecule has 0 saturated carbocycles. The predicted molar refractivity (Wildman–Crippen MR) is 118 cm³/mol. The minimum absolute atomic E-state index is 0. The van der Waals surface area contributed by atoms with Gasteiger partial charge in [-0.25, -0.2) is 0 Å². The summed E-state index contributed by atoms with van der Waals surface area (Å²) in [6.07, 6.45) is 5.70. The summed E-state index contributed by atoms with van der Waals surface area (Å²) in [5, 5.41) is 1.37. The molecule has 3 nitrogen and oxygen atoms in total. The molecule has 0 spiro atoms. The van der Waals surface area contributed by atoms with Gasteiger partial charge in [-0.2, -0.15) is 0 Å². The maximum atomic E-state index is 3.40. The summed E-state index contributed by atoms with van der Waals surface area (Å²) >= 11 is 0. The largest absolute Gasteiger partial charge is 0.371 e. The van der Waals surface area contributed by atoms with Crippen molar-refractivity contribution in [2.75, 3.05) is 38.6 Å². The van der Waals surface area contributed by atoms with Gasteiger partial charge in [0.1, 0.15) is 0 Å². The van der Waals surface area contributed by atoms with Gasteiger partial charge in [0.15, 0.2) is 0 Å². The minimum Gasteiger partial charge on any atom is -0.371 e. The molecule has 0 saturated heterocycles. The summed E-state index contributed by atoms with van der Waals surface area (Å²) in [5.41, 5.74) is 5.65. The molecular formula is C23H30ClN3. The third-order valence-electron chi connectivity index (χ3n) is 5.49. The fourth-order valence-corrected chi connectivity index (χ4v) is 4.43. The first-order chi connectivity index (χ1) is 12.7. The van der Waals surface area contributed by atoms with Crippen LogP contribution in [0.15, 0.2) is 54.7 Å². The van der Waals surface area contributed by atoms with Crippen molar-refractivity contribution in [3.63, 3.8) is 0 Å². The van der Waals surface area contributed by atoms with Crippen molar-refractivity contribution in [3.05, 3.63) is 65.9 Å². The molecule has 1 aromatic heterocycles. The van der Waals surface area contributed by atoms with E-state index in [0.29, 0.717) is 5.92 Å². The molecule has 1 aliphatic heterocycles. The lowest BCUT2D eigenvalue weighted by Crippen LogP contribution is -2.40. The van der Waals surface area contributed by atoms with Crippen LogP contribution in [0.5, 0.6) is 0 Å². The fraction of sp³-hybridized carbons (Fsp3) is 0.391. The molecule has 0 amide bonds. The standard InChI is InChI=1S/C23H29N3.ClH/c1-25(2)16-18-14-19-8-3-6-12-23(19)26(17-18)13-7-9-20-15-24-22-11-5-4-10-21(20)22;/h3-6,8,10-12,15,18,24H,7,9,13-14,16-17H2,1-2H3;1H. The van der Waals surface area contributed by atoms with Crippen molar-refractivity contribution in [2.45, 2.75) is 19.3 Å². The van der Waals surface area contributed by atoms with Gasteiger partial charge in [-0.05, 0) is 62.5 Å². The zero-order valence-electron chi connectivity index (χ0n) is 16.3. The molecule has 4 heteroatoms. The Bertz CT molecular complexity index is 871. The molecule has 1 aliphatic rings. The van der Waals surface area contributed by atoms with E-state index >= 15 is 0 Å². The number of halogens is 1. The van der Waals surface area contributed by atoms with Gasteiger partial charge in [-0.1, -0.05) is 36.4 Å². The average Bonchev–Trinajstić information content (AvgIpc) is 3.04. The molecule has 1 N–H and O–H groups in total. The van der Waals surface area contributed by atoms with E-state index in [9.17, 15) is 0 Å². The van der Waals surface area contributed by atoms with Crippen molar-refractivity contribution in [3.8, 4) is 0 Å². The second-order valence-electron chi connectivity index (χ2n) is 7.87. The number of nitrogens with zero attached hydrogens (tertiary/aromatic N) is 2. The van der Waals surface area contributed by atoms with Crippen molar-refractivity contribution >= 4 is 29.0 Å². The lowest BCUT2D eigenvalue weighted by Gasteiger charge is -2.37. The number of aryl methyl sites for hydroxylation is 1. The number of anilines is 1. The Kier molecular flexibility index (Phi) is 6.46. The quantitative estimate of drug-likeness (QED) is 0.662. The van der Waals surface area contributed by atoms with E-state index in [-0.39, 0.29) is 12.4 Å². The SMILES string of the molecule is CN(C)CC1Cc2ccccc2N(CCCc2c[nH]c3ccccc23)C1.Cl. The van der Waals surface area contributed by atoms with Crippen LogP contribution in [0, 0.1) is 5.92 Å². The molecule has 1 atom stereocenters.